The van der Waals surface area contributed by atoms with E-state index < -0.39 is 12.2 Å². The van der Waals surface area contributed by atoms with Crippen LogP contribution in [0.15, 0.2) is 30.3 Å². The van der Waals surface area contributed by atoms with Crippen LogP contribution >= 0.6 is 0 Å². The van der Waals surface area contributed by atoms with Gasteiger partial charge in [0.2, 0.25) is 6.79 Å². The van der Waals surface area contributed by atoms with Gasteiger partial charge in [-0.1, -0.05) is 19.9 Å². The van der Waals surface area contributed by atoms with E-state index in [2.05, 4.69) is 47.2 Å². The Hall–Kier alpha value is -3.01. The van der Waals surface area contributed by atoms with Crippen molar-refractivity contribution in [1.29, 1.82) is 0 Å². The second kappa shape index (κ2) is 7.50. The first-order valence-corrected chi connectivity index (χ1v) is 12.4. The smallest absolute Gasteiger partial charge is 0.344 e. The van der Waals surface area contributed by atoms with Crippen LogP contribution in [0.1, 0.15) is 47.5 Å². The van der Waals surface area contributed by atoms with Crippen LogP contribution in [-0.4, -0.2) is 69.3 Å². The minimum absolute atomic E-state index is 0.0132. The molecule has 6 aliphatic heterocycles. The molecule has 36 heavy (non-hydrogen) atoms. The van der Waals surface area contributed by atoms with E-state index in [-0.39, 0.29) is 17.1 Å². The highest BCUT2D eigenvalue weighted by molar-refractivity contribution is 5.98. The summed E-state index contributed by atoms with van der Waals surface area (Å²) in [6.45, 7) is 8.91. The average molecular weight is 494 g/mol. The lowest BCUT2D eigenvalue weighted by Crippen LogP contribution is -2.79. The molecule has 4 fully saturated rings. The van der Waals surface area contributed by atoms with Gasteiger partial charge in [0.05, 0.1) is 14.2 Å². The molecule has 0 aliphatic carbocycles. The van der Waals surface area contributed by atoms with Crippen molar-refractivity contribution < 1.29 is 28.5 Å². The lowest BCUT2D eigenvalue weighted by atomic mass is 9.53. The molecule has 6 aliphatic rings. The third-order valence-corrected chi connectivity index (χ3v) is 8.66. The van der Waals surface area contributed by atoms with Crippen LogP contribution in [0.5, 0.6) is 23.0 Å². The largest absolute Gasteiger partial charge is 0.493 e. The molecule has 1 atom stereocenters. The average Bonchev–Trinajstić information content (AvgIpc) is 3.43. The second-order valence-corrected chi connectivity index (χ2v) is 11.3. The predicted octanol–water partition coefficient (Wildman–Crippen LogP) is 2.92. The minimum atomic E-state index is -0.542. The number of rotatable bonds is 5. The summed E-state index contributed by atoms with van der Waals surface area (Å²) in [7, 11) is 3.10. The Labute approximate surface area is 210 Å². The maximum Gasteiger partial charge on any atom is 0.344 e. The van der Waals surface area contributed by atoms with Gasteiger partial charge >= 0.3 is 5.97 Å². The van der Waals surface area contributed by atoms with Crippen molar-refractivity contribution in [3.63, 3.8) is 0 Å². The summed E-state index contributed by atoms with van der Waals surface area (Å²) in [5.41, 5.74) is 2.71. The first-order chi connectivity index (χ1) is 17.3. The zero-order chi connectivity index (χ0) is 24.8. The van der Waals surface area contributed by atoms with Crippen molar-refractivity contribution in [2.45, 2.75) is 32.3 Å². The number of hydrogen-bond acceptors (Lipinski definition) is 9. The van der Waals surface area contributed by atoms with Crippen molar-refractivity contribution >= 4 is 5.97 Å². The van der Waals surface area contributed by atoms with Crippen LogP contribution in [0.25, 0.3) is 0 Å². The third-order valence-electron chi connectivity index (χ3n) is 8.66. The van der Waals surface area contributed by atoms with Gasteiger partial charge in [-0.05, 0) is 35.7 Å². The van der Waals surface area contributed by atoms with Crippen molar-refractivity contribution in [1.82, 2.24) is 15.1 Å². The molecule has 0 radical (unpaired) electrons. The van der Waals surface area contributed by atoms with E-state index >= 15 is 0 Å². The number of carbonyl (C=O) groups excluding carboxylic acids is 1. The Balaban J connectivity index is 1.16. The minimum Gasteiger partial charge on any atom is -0.493 e. The molecule has 0 unspecified atom stereocenters. The molecule has 0 aromatic heterocycles. The lowest BCUT2D eigenvalue weighted by molar-refractivity contribution is -0.221. The first kappa shape index (κ1) is 22.2. The number of piperidine rings is 2. The molecule has 190 valence electrons. The maximum atomic E-state index is 12.8. The zero-order valence-corrected chi connectivity index (χ0v) is 21.0. The first-order valence-electron chi connectivity index (χ1n) is 12.4. The van der Waals surface area contributed by atoms with Crippen LogP contribution in [-0.2, 0) is 4.74 Å². The summed E-state index contributed by atoms with van der Waals surface area (Å²) in [5, 5.41) is 3.64. The number of fused-ring (bicyclic) bond motifs is 2. The monoisotopic (exact) mass is 493 g/mol. The van der Waals surface area contributed by atoms with Crippen molar-refractivity contribution in [3.05, 3.63) is 47.0 Å². The van der Waals surface area contributed by atoms with Crippen LogP contribution in [0.2, 0.25) is 0 Å². The fourth-order valence-corrected chi connectivity index (χ4v) is 7.82. The molecule has 9 nitrogen and oxygen atoms in total. The number of carbonyl (C=O) groups is 1. The van der Waals surface area contributed by atoms with Gasteiger partial charge in [-0.15, -0.1) is 0 Å². The molecule has 2 aromatic rings. The van der Waals surface area contributed by atoms with Gasteiger partial charge in [-0.25, -0.2) is 10.1 Å². The fraction of sp³-hybridized carbons (Fsp3) is 0.519. The highest BCUT2D eigenvalue weighted by Gasteiger charge is 2.62. The molecule has 1 N–H and O–H groups in total. The number of nitrogens with zero attached hydrogens (tertiary/aromatic N) is 2. The molecule has 0 amide bonds. The summed E-state index contributed by atoms with van der Waals surface area (Å²) in [4.78, 5) is 17.8. The predicted molar refractivity (Wildman–Crippen MR) is 129 cm³/mol. The Morgan fingerprint density at radius 2 is 1.64 bits per heavy atom. The van der Waals surface area contributed by atoms with Crippen LogP contribution in [0.4, 0.5) is 0 Å². The molecular formula is C27H31N3O6. The molecule has 9 heteroatoms. The summed E-state index contributed by atoms with van der Waals surface area (Å²) in [6, 6.07) is 10.2. The Kier molecular flexibility index (Phi) is 4.63. The molecule has 8 rings (SSSR count). The van der Waals surface area contributed by atoms with Crippen LogP contribution < -0.4 is 24.3 Å². The van der Waals surface area contributed by atoms with Gasteiger partial charge in [-0.2, -0.15) is 0 Å². The number of nitrogens with one attached hydrogen (secondary N) is 1. The standard InChI is InChI=1S/C27H31N3O6/c1-26-10-29-12-27(2,22(26)15-5-7-17-19(9-15)35-14-34-17)13-30(11-26)25(29)28-23-16-6-8-18(32-3)21(33-4)20(16)24(31)36-23/h5-9,22-23,25,28H,10-14H2,1-4H3/t22?,23-,25?,26?,27?/m0/s1. The lowest BCUT2D eigenvalue weighted by Gasteiger charge is -2.69. The summed E-state index contributed by atoms with van der Waals surface area (Å²) in [6.07, 6.45) is -0.555. The number of hydrogen-bond donors (Lipinski definition) is 1. The fourth-order valence-electron chi connectivity index (χ4n) is 7.82. The second-order valence-electron chi connectivity index (χ2n) is 11.3. The van der Waals surface area contributed by atoms with Crippen molar-refractivity contribution in [2.24, 2.45) is 10.8 Å². The van der Waals surface area contributed by atoms with Crippen LogP contribution in [0.3, 0.4) is 0 Å². The molecule has 6 heterocycles. The van der Waals surface area contributed by atoms with Gasteiger partial charge in [-0.3, -0.25) is 9.80 Å². The Bertz CT molecular complexity index is 1230. The topological polar surface area (TPSA) is 81.7 Å². The highest BCUT2D eigenvalue weighted by atomic mass is 16.7. The molecule has 4 bridgehead atoms. The van der Waals surface area contributed by atoms with E-state index in [9.17, 15) is 4.79 Å². The van der Waals surface area contributed by atoms with Crippen molar-refractivity contribution in [2.75, 3.05) is 47.2 Å². The molecular weight excluding hydrogens is 462 g/mol. The molecule has 4 saturated heterocycles. The third kappa shape index (κ3) is 2.96. The van der Waals surface area contributed by atoms with E-state index in [4.69, 9.17) is 23.7 Å². The van der Waals surface area contributed by atoms with E-state index in [1.54, 1.807) is 14.2 Å². The van der Waals surface area contributed by atoms with Gasteiger partial charge in [0.1, 0.15) is 11.9 Å². The molecule has 0 saturated carbocycles. The Morgan fingerprint density at radius 3 is 2.31 bits per heavy atom. The van der Waals surface area contributed by atoms with Crippen molar-refractivity contribution in [3.8, 4) is 23.0 Å². The zero-order valence-electron chi connectivity index (χ0n) is 21.0. The van der Waals surface area contributed by atoms with Gasteiger partial charge in [0.15, 0.2) is 29.2 Å². The SMILES string of the molecule is COc1ccc2c(c1OC)C(=O)O[C@@H]2NC1N2CC3(C)CN1CC(C)(C2)C3c1ccc2c(c1)OCO2. The quantitative estimate of drug-likeness (QED) is 0.633. The van der Waals surface area contributed by atoms with E-state index in [0.717, 1.165) is 43.2 Å². The van der Waals surface area contributed by atoms with E-state index in [1.165, 1.54) is 5.56 Å². The normalized spacial score (nSPS) is 37.1. The van der Waals surface area contributed by atoms with Crippen LogP contribution in [0, 0.1) is 10.8 Å². The van der Waals surface area contributed by atoms with Gasteiger partial charge in [0, 0.05) is 42.6 Å². The summed E-state index contributed by atoms with van der Waals surface area (Å²) in [5.74, 6) is 2.63. The van der Waals surface area contributed by atoms with Gasteiger partial charge in [0.25, 0.3) is 0 Å². The van der Waals surface area contributed by atoms with Gasteiger partial charge < -0.3 is 23.7 Å². The number of benzene rings is 2. The number of ether oxygens (including phenoxy) is 5. The maximum absolute atomic E-state index is 12.8. The molecule has 2 aromatic carbocycles. The van der Waals surface area contributed by atoms with E-state index in [1.807, 2.05) is 12.1 Å². The molecule has 0 spiro atoms. The summed E-state index contributed by atoms with van der Waals surface area (Å²) >= 11 is 0. The van der Waals surface area contributed by atoms with E-state index in [0.29, 0.717) is 29.8 Å². The number of esters is 1. The highest BCUT2D eigenvalue weighted by Crippen LogP contribution is 2.60. The number of cyclic esters (lactones) is 1. The summed E-state index contributed by atoms with van der Waals surface area (Å²) < 4.78 is 27.9. The Morgan fingerprint density at radius 1 is 0.944 bits per heavy atom. The number of methoxy groups -OCH3 is 2.